The van der Waals surface area contributed by atoms with E-state index in [0.717, 1.165) is 28.6 Å². The van der Waals surface area contributed by atoms with Crippen LogP contribution in [0.5, 0.6) is 0 Å². The number of sulfone groups is 1. The largest absolute Gasteiger partial charge is 0.299 e. The van der Waals surface area contributed by atoms with Gasteiger partial charge in [0.15, 0.2) is 9.84 Å². The normalized spacial score (nSPS) is 11.1. The lowest BCUT2D eigenvalue weighted by Gasteiger charge is -2.16. The summed E-state index contributed by atoms with van der Waals surface area (Å²) in [5.74, 6) is 4.60. The average molecular weight is 1030 g/mol. The molecule has 0 fully saturated rings. The second-order valence-electron chi connectivity index (χ2n) is 21.4. The molecule has 0 aliphatic rings. The third-order valence-electron chi connectivity index (χ3n) is 10.3. The Morgan fingerprint density at radius 2 is 0.884 bits per heavy atom. The van der Waals surface area contributed by atoms with Crippen molar-refractivity contribution in [2.24, 2.45) is 52.3 Å². The summed E-state index contributed by atoms with van der Waals surface area (Å²) < 4.78 is 30.6. The topological polar surface area (TPSA) is 190 Å². The molecular weight excluding hydrogens is 927 g/mol. The molecule has 0 radical (unpaired) electrons. The number of aliphatic imine (C=N–C) groups is 1. The molecule has 0 spiro atoms. The van der Waals surface area contributed by atoms with Crippen LogP contribution in [0.25, 0.3) is 0 Å². The summed E-state index contributed by atoms with van der Waals surface area (Å²) in [5, 5.41) is 18.0. The van der Waals surface area contributed by atoms with Crippen molar-refractivity contribution < 1.29 is 18.1 Å². The van der Waals surface area contributed by atoms with Crippen LogP contribution in [-0.2, 0) is 14.6 Å². The molecule has 0 amide bonds. The van der Waals surface area contributed by atoms with Gasteiger partial charge in [0.1, 0.15) is 5.78 Å². The van der Waals surface area contributed by atoms with Crippen LogP contribution >= 0.6 is 23.9 Å². The molecule has 0 saturated heterocycles. The first-order valence-corrected chi connectivity index (χ1v) is 27.6. The van der Waals surface area contributed by atoms with Crippen LogP contribution < -0.4 is 10.9 Å². The zero-order valence-electron chi connectivity index (χ0n) is 48.5. The number of allylic oxidation sites excluding steroid dienone is 1. The summed E-state index contributed by atoms with van der Waals surface area (Å²) in [6.07, 6.45) is 2.94. The van der Waals surface area contributed by atoms with Gasteiger partial charge in [-0.3, -0.25) is 24.5 Å². The van der Waals surface area contributed by atoms with Crippen molar-refractivity contribution in [2.45, 2.75) is 228 Å². The summed E-state index contributed by atoms with van der Waals surface area (Å²) in [4.78, 5) is 47.8. The van der Waals surface area contributed by atoms with E-state index >= 15 is 0 Å². The zero-order valence-corrected chi connectivity index (χ0v) is 50.9. The van der Waals surface area contributed by atoms with Crippen molar-refractivity contribution in [1.29, 1.82) is 5.26 Å². The molecule has 1 aromatic heterocycles. The minimum absolute atomic E-state index is 0.188. The van der Waals surface area contributed by atoms with E-state index in [4.69, 9.17) is 17.5 Å². The number of nitriles is 1. The Kier molecular flexibility index (Phi) is 40.5. The third kappa shape index (κ3) is 31.6. The van der Waals surface area contributed by atoms with Crippen LogP contribution in [0.4, 0.5) is 0 Å². The monoisotopic (exact) mass is 1030 g/mol. The number of nitro groups is 1. The van der Waals surface area contributed by atoms with E-state index in [-0.39, 0.29) is 61.8 Å². The van der Waals surface area contributed by atoms with Gasteiger partial charge in [-0.1, -0.05) is 178 Å². The van der Waals surface area contributed by atoms with Crippen LogP contribution in [0.1, 0.15) is 240 Å². The van der Waals surface area contributed by atoms with Gasteiger partial charge < -0.3 is 0 Å². The summed E-state index contributed by atoms with van der Waals surface area (Å²) in [6.45, 7) is 55.6. The molecule has 15 heteroatoms. The van der Waals surface area contributed by atoms with Gasteiger partial charge in [0, 0.05) is 34.2 Å². The number of hydrogen-bond donors (Lipinski definition) is 0. The summed E-state index contributed by atoms with van der Waals surface area (Å²) in [7, 11) is -2.81. The molecule has 1 heterocycles. The number of carbonyl (C=O) groups excluding carboxylic acids is 1. The maximum Gasteiger partial charge on any atom is 0.234 e. The number of rotatable bonds is 15. The molecule has 2 rings (SSSR count). The van der Waals surface area contributed by atoms with Crippen LogP contribution in [0.2, 0.25) is 0 Å². The molecule has 400 valence electrons. The van der Waals surface area contributed by atoms with E-state index in [1.807, 2.05) is 89.3 Å². The first kappa shape index (κ1) is 74.6. The molecule has 1 aromatic carbocycles. The first-order valence-electron chi connectivity index (χ1n) is 24.9. The molecule has 69 heavy (non-hydrogen) atoms. The number of aromatic nitrogens is 2. The molecule has 12 nitrogen and oxygen atoms in total. The number of nitrogens with zero attached hydrogens (tertiary/aromatic N) is 5. The highest BCUT2D eigenvalue weighted by atomic mass is 32.2. The molecule has 0 aliphatic heterocycles. The third-order valence-corrected chi connectivity index (χ3v) is 14.4. The quantitative estimate of drug-likeness (QED) is 0.0412. The van der Waals surface area contributed by atoms with Crippen LogP contribution in [0.15, 0.2) is 26.4 Å². The van der Waals surface area contributed by atoms with E-state index < -0.39 is 9.84 Å². The van der Waals surface area contributed by atoms with Crippen molar-refractivity contribution in [3.63, 3.8) is 0 Å². The van der Waals surface area contributed by atoms with Gasteiger partial charge in [-0.15, -0.1) is 0 Å². The Hall–Kier alpha value is -3.35. The molecule has 0 unspecified atom stereocenters. The summed E-state index contributed by atoms with van der Waals surface area (Å²) >= 11 is 6.42. The molecule has 0 saturated carbocycles. The lowest BCUT2D eigenvalue weighted by Crippen LogP contribution is -2.41. The Bertz CT molecular complexity index is 1920. The predicted octanol–water partition coefficient (Wildman–Crippen LogP) is 14.7. The molecule has 0 N–H and O–H groups in total. The maximum absolute atomic E-state index is 11.1. The number of carbonyl (C=O) groups is 1. The second kappa shape index (κ2) is 37.4. The van der Waals surface area contributed by atoms with E-state index in [1.54, 1.807) is 27.7 Å². The average Bonchev–Trinajstić information content (AvgIpc) is 3.72. The van der Waals surface area contributed by atoms with Gasteiger partial charge in [-0.25, -0.2) is 8.42 Å². The fraction of sp³-hybridized carbons (Fsp3) is 0.778. The standard InChI is InChI=1S/C10H14O2.C8H14N2S.C8H14N2.C8H15NO2.C7H14O.C7H14S.C6H14O2S/c1-5(2)7-8(6(3)4)10(12)9(7)11;1-5(2)7-8(6(3)4)10-11-9-7;1-6(2)8(7(3)4)10-5-9;1-6(2)8(7(3)4)5-9(10)11;2*1-5(2)7(8)6(3)4;1-5(2)9(7,8)6(3)4/h5-6H,1-4H3;5-6H,1-4H3;6-7H,1-4H3;5-7H,1-4H3;2*5-6H,1-4H3;5-6H,1-4H3. The minimum Gasteiger partial charge on any atom is -0.299 e. The van der Waals surface area contributed by atoms with Crippen molar-refractivity contribution in [3.05, 3.63) is 64.8 Å². The Morgan fingerprint density at radius 1 is 0.580 bits per heavy atom. The van der Waals surface area contributed by atoms with E-state index in [1.165, 1.54) is 28.0 Å². The first-order chi connectivity index (χ1) is 31.1. The number of hydrogen-bond acceptors (Lipinski definition) is 13. The summed E-state index contributed by atoms with van der Waals surface area (Å²) in [5.41, 5.74) is 5.18. The Labute approximate surface area is 431 Å². The lowest BCUT2D eigenvalue weighted by atomic mass is 9.85. The van der Waals surface area contributed by atoms with E-state index in [0.29, 0.717) is 41.3 Å². The van der Waals surface area contributed by atoms with Gasteiger partial charge in [-0.2, -0.15) is 19.0 Å². The van der Waals surface area contributed by atoms with Gasteiger partial charge in [0.25, 0.3) is 0 Å². The number of thiocarbonyl (C=S) groups is 1. The van der Waals surface area contributed by atoms with Gasteiger partial charge in [0.2, 0.25) is 23.3 Å². The highest BCUT2D eigenvalue weighted by Crippen LogP contribution is 2.24. The van der Waals surface area contributed by atoms with Gasteiger partial charge >= 0.3 is 0 Å². The lowest BCUT2D eigenvalue weighted by molar-refractivity contribution is -0.404. The Balaban J connectivity index is -0.000000232. The molecule has 0 bridgehead atoms. The highest BCUT2D eigenvalue weighted by molar-refractivity contribution is 7.92. The van der Waals surface area contributed by atoms with Crippen LogP contribution in [0.3, 0.4) is 0 Å². The van der Waals surface area contributed by atoms with Crippen molar-refractivity contribution in [2.75, 3.05) is 0 Å². The number of ketones is 1. The summed E-state index contributed by atoms with van der Waals surface area (Å²) in [6, 6.07) is 0. The SMILES string of the molecule is CC(C)C(=C[N+](=O)[O-])C(C)C.CC(C)C(=NC#N)C(C)C.CC(C)C(=O)C(C)C.CC(C)C(=S)C(C)C.CC(C)S(=O)(=O)C(C)C.CC(C)c1c(C(C)C)c(=O)c1=O.CC(C)c1nsnc1C(C)C. The highest BCUT2D eigenvalue weighted by Gasteiger charge is 2.24. The second-order valence-corrected chi connectivity index (χ2v) is 25.5. The molecule has 0 atom stereocenters. The van der Waals surface area contributed by atoms with Gasteiger partial charge in [-0.05, 0) is 91.7 Å². The Morgan fingerprint density at radius 3 is 0.986 bits per heavy atom. The van der Waals surface area contributed by atoms with E-state index in [9.17, 15) is 32.9 Å². The molecule has 2 aromatic rings. The van der Waals surface area contributed by atoms with Gasteiger partial charge in [0.05, 0.1) is 38.5 Å². The van der Waals surface area contributed by atoms with Crippen LogP contribution in [0, 0.1) is 68.9 Å². The van der Waals surface area contributed by atoms with Crippen molar-refractivity contribution in [3.8, 4) is 6.19 Å². The predicted molar refractivity (Wildman–Crippen MR) is 301 cm³/mol. The molecule has 0 aliphatic carbocycles. The smallest absolute Gasteiger partial charge is 0.234 e. The fourth-order valence-corrected chi connectivity index (χ4v) is 8.44. The number of Topliss-reactive ketones (excluding diaryl/α,β-unsaturated/α-hetero) is 1. The van der Waals surface area contributed by atoms with Crippen LogP contribution in [-0.4, -0.2) is 48.9 Å². The zero-order chi connectivity index (χ0) is 56.2. The maximum atomic E-state index is 11.1. The fourth-order valence-electron chi connectivity index (χ4n) is 6.52. The van der Waals surface area contributed by atoms with Crippen molar-refractivity contribution >= 4 is 50.1 Å². The van der Waals surface area contributed by atoms with Crippen molar-refractivity contribution in [1.82, 2.24) is 8.75 Å². The minimum atomic E-state index is -2.81. The van der Waals surface area contributed by atoms with E-state index in [2.05, 4.69) is 96.8 Å². The molecular formula is C54H99N5O7S3.